The first-order chi connectivity index (χ1) is 6.68. The Kier molecular flexibility index (Phi) is 4.12. The lowest BCUT2D eigenvalue weighted by Gasteiger charge is -2.02. The van der Waals surface area contributed by atoms with Crippen LogP contribution in [-0.4, -0.2) is 22.4 Å². The van der Waals surface area contributed by atoms with Crippen molar-refractivity contribution in [1.82, 2.24) is 9.97 Å². The van der Waals surface area contributed by atoms with Crippen LogP contribution in [0.3, 0.4) is 0 Å². The third-order valence-corrected chi connectivity index (χ3v) is 1.70. The summed E-state index contributed by atoms with van der Waals surface area (Å²) < 4.78 is 0. The summed E-state index contributed by atoms with van der Waals surface area (Å²) in [6.07, 6.45) is 4.04. The number of nitrogens with zero attached hydrogens (tertiary/aromatic N) is 2. The Labute approximate surface area is 86.7 Å². The van der Waals surface area contributed by atoms with Gasteiger partial charge in [-0.2, -0.15) is 0 Å². The molecule has 0 radical (unpaired) electrons. The Hall–Kier alpha value is -1.36. The Morgan fingerprint density at radius 1 is 1.50 bits per heavy atom. The van der Waals surface area contributed by atoms with Crippen molar-refractivity contribution in [2.45, 2.75) is 12.8 Å². The van der Waals surface area contributed by atoms with E-state index in [2.05, 4.69) is 15.3 Å². The van der Waals surface area contributed by atoms with Gasteiger partial charge >= 0.3 is 0 Å². The second kappa shape index (κ2) is 5.39. The molecule has 0 saturated heterocycles. The zero-order valence-electron chi connectivity index (χ0n) is 7.53. The van der Waals surface area contributed by atoms with Crippen LogP contribution in [-0.2, 0) is 4.79 Å². The average Bonchev–Trinajstić information content (AvgIpc) is 2.15. The fraction of sp³-hybridized carbons (Fsp3) is 0.375. The van der Waals surface area contributed by atoms with Crippen LogP contribution in [0.5, 0.6) is 0 Å². The molecule has 0 bridgehead atoms. The maximum atomic E-state index is 10.4. The monoisotopic (exact) mass is 214 g/mol. The summed E-state index contributed by atoms with van der Waals surface area (Å²) in [7, 11) is 0. The number of hydrogen-bond donors (Lipinski definition) is 2. The molecule has 0 aliphatic carbocycles. The molecule has 1 heterocycles. The normalized spacial score (nSPS) is 9.79. The van der Waals surface area contributed by atoms with Gasteiger partial charge in [-0.15, -0.1) is 0 Å². The Bertz CT molecular complexity index is 301. The van der Waals surface area contributed by atoms with E-state index in [1.807, 2.05) is 0 Å². The standard InChI is InChI=1S/C8H11ClN4O/c9-6-4-12-8(13-5-6)11-3-1-2-7(10)14/h4-5H,1-3H2,(H2,10,14)(H,11,12,13). The highest BCUT2D eigenvalue weighted by atomic mass is 35.5. The molecular weight excluding hydrogens is 204 g/mol. The van der Waals surface area contributed by atoms with Gasteiger partial charge in [0.1, 0.15) is 0 Å². The van der Waals surface area contributed by atoms with Crippen LogP contribution in [0.4, 0.5) is 5.95 Å². The van der Waals surface area contributed by atoms with Gasteiger partial charge in [-0.3, -0.25) is 4.79 Å². The number of nitrogens with two attached hydrogens (primary N) is 1. The van der Waals surface area contributed by atoms with Gasteiger partial charge in [0.2, 0.25) is 11.9 Å². The number of anilines is 1. The molecule has 0 aliphatic rings. The third-order valence-electron chi connectivity index (χ3n) is 1.50. The van der Waals surface area contributed by atoms with Crippen LogP contribution in [0.2, 0.25) is 5.02 Å². The van der Waals surface area contributed by atoms with Crippen molar-refractivity contribution < 1.29 is 4.79 Å². The van der Waals surface area contributed by atoms with E-state index in [1.165, 1.54) is 12.4 Å². The van der Waals surface area contributed by atoms with Crippen molar-refractivity contribution in [3.63, 3.8) is 0 Å². The largest absolute Gasteiger partial charge is 0.370 e. The van der Waals surface area contributed by atoms with E-state index in [9.17, 15) is 4.79 Å². The van der Waals surface area contributed by atoms with Crippen molar-refractivity contribution in [3.05, 3.63) is 17.4 Å². The van der Waals surface area contributed by atoms with E-state index in [-0.39, 0.29) is 5.91 Å². The van der Waals surface area contributed by atoms with Crippen molar-refractivity contribution in [1.29, 1.82) is 0 Å². The van der Waals surface area contributed by atoms with E-state index >= 15 is 0 Å². The summed E-state index contributed by atoms with van der Waals surface area (Å²) in [5.74, 6) is 0.197. The molecule has 0 aliphatic heterocycles. The molecule has 0 fully saturated rings. The van der Waals surface area contributed by atoms with Crippen molar-refractivity contribution in [3.8, 4) is 0 Å². The summed E-state index contributed by atoms with van der Waals surface area (Å²) in [5, 5.41) is 3.43. The van der Waals surface area contributed by atoms with E-state index in [0.29, 0.717) is 30.4 Å². The number of halogens is 1. The number of nitrogens with one attached hydrogen (secondary N) is 1. The topological polar surface area (TPSA) is 80.9 Å². The molecule has 0 spiro atoms. The van der Waals surface area contributed by atoms with Gasteiger partial charge < -0.3 is 11.1 Å². The summed E-state index contributed by atoms with van der Waals surface area (Å²) in [5.41, 5.74) is 4.98. The third kappa shape index (κ3) is 4.04. The quantitative estimate of drug-likeness (QED) is 0.711. The summed E-state index contributed by atoms with van der Waals surface area (Å²) in [4.78, 5) is 18.3. The Balaban J connectivity index is 2.25. The molecule has 0 atom stereocenters. The van der Waals surface area contributed by atoms with E-state index in [1.54, 1.807) is 0 Å². The highest BCUT2D eigenvalue weighted by Crippen LogP contribution is 2.05. The fourth-order valence-corrected chi connectivity index (χ4v) is 0.964. The van der Waals surface area contributed by atoms with Crippen LogP contribution >= 0.6 is 11.6 Å². The fourth-order valence-electron chi connectivity index (χ4n) is 0.866. The second-order valence-electron chi connectivity index (χ2n) is 2.72. The molecule has 76 valence electrons. The van der Waals surface area contributed by atoms with Gasteiger partial charge in [0, 0.05) is 13.0 Å². The number of carbonyl (C=O) groups excluding carboxylic acids is 1. The van der Waals surface area contributed by atoms with E-state index < -0.39 is 0 Å². The zero-order valence-corrected chi connectivity index (χ0v) is 8.29. The summed E-state index contributed by atoms with van der Waals surface area (Å²) in [6, 6.07) is 0. The predicted molar refractivity (Wildman–Crippen MR) is 54.0 cm³/mol. The van der Waals surface area contributed by atoms with E-state index in [4.69, 9.17) is 17.3 Å². The predicted octanol–water partition coefficient (Wildman–Crippen LogP) is 0.807. The first-order valence-electron chi connectivity index (χ1n) is 4.18. The van der Waals surface area contributed by atoms with Gasteiger partial charge in [-0.25, -0.2) is 9.97 Å². The van der Waals surface area contributed by atoms with Gasteiger partial charge in [0.25, 0.3) is 0 Å². The van der Waals surface area contributed by atoms with Crippen molar-refractivity contribution in [2.75, 3.05) is 11.9 Å². The lowest BCUT2D eigenvalue weighted by Crippen LogP contribution is -2.13. The van der Waals surface area contributed by atoms with Gasteiger partial charge in [-0.1, -0.05) is 11.6 Å². The maximum Gasteiger partial charge on any atom is 0.222 e. The van der Waals surface area contributed by atoms with Crippen LogP contribution < -0.4 is 11.1 Å². The Morgan fingerprint density at radius 2 is 2.14 bits per heavy atom. The van der Waals surface area contributed by atoms with Crippen molar-refractivity contribution in [2.24, 2.45) is 5.73 Å². The molecule has 14 heavy (non-hydrogen) atoms. The number of hydrogen-bond acceptors (Lipinski definition) is 4. The summed E-state index contributed by atoms with van der Waals surface area (Å²) in [6.45, 7) is 0.616. The molecule has 1 aromatic rings. The van der Waals surface area contributed by atoms with Gasteiger partial charge in [-0.05, 0) is 6.42 Å². The number of amides is 1. The molecule has 6 heteroatoms. The van der Waals surface area contributed by atoms with Gasteiger partial charge in [0.05, 0.1) is 17.4 Å². The van der Waals surface area contributed by atoms with Crippen LogP contribution in [0, 0.1) is 0 Å². The molecule has 5 nitrogen and oxygen atoms in total. The lowest BCUT2D eigenvalue weighted by molar-refractivity contribution is -0.118. The number of primary amides is 1. The molecule has 1 aromatic heterocycles. The number of rotatable bonds is 5. The molecule has 1 rings (SSSR count). The van der Waals surface area contributed by atoms with Crippen LogP contribution in [0.25, 0.3) is 0 Å². The molecular formula is C8H11ClN4O. The second-order valence-corrected chi connectivity index (χ2v) is 3.16. The minimum atomic E-state index is -0.302. The molecule has 0 saturated carbocycles. The van der Waals surface area contributed by atoms with Crippen molar-refractivity contribution >= 4 is 23.5 Å². The zero-order chi connectivity index (χ0) is 10.4. The molecule has 0 unspecified atom stereocenters. The number of carbonyl (C=O) groups is 1. The molecule has 3 N–H and O–H groups in total. The van der Waals surface area contributed by atoms with Crippen LogP contribution in [0.15, 0.2) is 12.4 Å². The molecule has 0 aromatic carbocycles. The van der Waals surface area contributed by atoms with E-state index in [0.717, 1.165) is 0 Å². The first-order valence-corrected chi connectivity index (χ1v) is 4.56. The van der Waals surface area contributed by atoms with Crippen LogP contribution in [0.1, 0.15) is 12.8 Å². The highest BCUT2D eigenvalue weighted by molar-refractivity contribution is 6.30. The smallest absolute Gasteiger partial charge is 0.222 e. The molecule has 1 amide bonds. The minimum Gasteiger partial charge on any atom is -0.370 e. The summed E-state index contributed by atoms with van der Waals surface area (Å²) >= 11 is 5.60. The first kappa shape index (κ1) is 10.7. The minimum absolute atomic E-state index is 0.302. The number of aromatic nitrogens is 2. The Morgan fingerprint density at radius 3 is 2.71 bits per heavy atom. The SMILES string of the molecule is NC(=O)CCCNc1ncc(Cl)cn1. The maximum absolute atomic E-state index is 10.4. The lowest BCUT2D eigenvalue weighted by atomic mass is 10.3. The average molecular weight is 215 g/mol. The highest BCUT2D eigenvalue weighted by Gasteiger charge is 1.96. The van der Waals surface area contributed by atoms with Gasteiger partial charge in [0.15, 0.2) is 0 Å².